The number of hydrogen-bond acceptors (Lipinski definition) is 3. The third kappa shape index (κ3) is 1.84. The largest absolute Gasteiger partial charge is 0.345 e. The number of H-pyrrole nitrogens is 1. The van der Waals surface area contributed by atoms with Crippen molar-refractivity contribution >= 4 is 28.4 Å². The van der Waals surface area contributed by atoms with Crippen LogP contribution in [0.5, 0.6) is 0 Å². The zero-order valence-electron chi connectivity index (χ0n) is 11.3. The Morgan fingerprint density at radius 2 is 2.05 bits per heavy atom. The maximum Gasteiger partial charge on any atom is 0.166 e. The minimum atomic E-state index is -0.869. The van der Waals surface area contributed by atoms with Crippen LogP contribution in [0.4, 0.5) is 8.78 Å². The molecule has 1 aliphatic heterocycles. The number of allylic oxidation sites excluding steroid dienone is 1. The lowest BCUT2D eigenvalue weighted by Crippen LogP contribution is -1.96. The number of aromatic nitrogens is 3. The van der Waals surface area contributed by atoms with Gasteiger partial charge in [-0.05, 0) is 11.6 Å². The van der Waals surface area contributed by atoms with Crippen molar-refractivity contribution in [3.8, 4) is 0 Å². The van der Waals surface area contributed by atoms with Crippen LogP contribution in [-0.2, 0) is 0 Å². The van der Waals surface area contributed by atoms with Gasteiger partial charge < -0.3 is 4.98 Å². The van der Waals surface area contributed by atoms with E-state index in [-0.39, 0.29) is 5.56 Å². The second-order valence-electron chi connectivity index (χ2n) is 4.95. The van der Waals surface area contributed by atoms with Gasteiger partial charge >= 0.3 is 0 Å². The Morgan fingerprint density at radius 1 is 1.14 bits per heavy atom. The summed E-state index contributed by atoms with van der Waals surface area (Å²) in [5, 5.41) is 0.831. The second-order valence-corrected chi connectivity index (χ2v) is 4.95. The smallest absolute Gasteiger partial charge is 0.166 e. The van der Waals surface area contributed by atoms with Crippen LogP contribution in [0.1, 0.15) is 11.1 Å². The van der Waals surface area contributed by atoms with Gasteiger partial charge in [0.1, 0.15) is 12.0 Å². The Balaban J connectivity index is 1.95. The van der Waals surface area contributed by atoms with E-state index in [4.69, 9.17) is 0 Å². The first-order valence-corrected chi connectivity index (χ1v) is 6.70. The molecule has 3 heterocycles. The summed E-state index contributed by atoms with van der Waals surface area (Å²) in [5.41, 5.74) is 3.17. The quantitative estimate of drug-likeness (QED) is 0.789. The van der Waals surface area contributed by atoms with Crippen LogP contribution in [0.3, 0.4) is 0 Å². The van der Waals surface area contributed by atoms with Gasteiger partial charge in [0.25, 0.3) is 0 Å². The number of fused-ring (bicyclic) bond motifs is 1. The minimum Gasteiger partial charge on any atom is -0.345 e. The lowest BCUT2D eigenvalue weighted by atomic mass is 9.97. The second kappa shape index (κ2) is 4.84. The van der Waals surface area contributed by atoms with Gasteiger partial charge in [-0.1, -0.05) is 12.1 Å². The van der Waals surface area contributed by atoms with Gasteiger partial charge in [0.05, 0.1) is 6.54 Å². The number of aliphatic imine (C=N–C) groups is 1. The van der Waals surface area contributed by atoms with E-state index >= 15 is 0 Å². The van der Waals surface area contributed by atoms with Crippen LogP contribution < -0.4 is 0 Å². The molecule has 0 aliphatic carbocycles. The van der Waals surface area contributed by atoms with Crippen LogP contribution >= 0.6 is 0 Å². The van der Waals surface area contributed by atoms with Crippen LogP contribution in [0.25, 0.3) is 22.2 Å². The monoisotopic (exact) mass is 296 g/mol. The molecule has 0 saturated heterocycles. The molecule has 0 unspecified atom stereocenters. The molecule has 0 bridgehead atoms. The number of halogens is 2. The highest BCUT2D eigenvalue weighted by molar-refractivity contribution is 6.23. The summed E-state index contributed by atoms with van der Waals surface area (Å²) in [6, 6.07) is 4.14. The molecule has 6 heteroatoms. The van der Waals surface area contributed by atoms with Gasteiger partial charge in [0.2, 0.25) is 0 Å². The molecular formula is C16H10F2N4. The zero-order valence-corrected chi connectivity index (χ0v) is 11.3. The van der Waals surface area contributed by atoms with E-state index in [1.165, 1.54) is 12.4 Å². The molecule has 3 aromatic rings. The number of hydrogen-bond donors (Lipinski definition) is 1. The first-order chi connectivity index (χ1) is 10.8. The fourth-order valence-corrected chi connectivity index (χ4v) is 2.68. The summed E-state index contributed by atoms with van der Waals surface area (Å²) in [6.07, 6.45) is 6.52. The van der Waals surface area contributed by atoms with Gasteiger partial charge in [-0.25, -0.2) is 18.7 Å². The molecule has 4 rings (SSSR count). The summed E-state index contributed by atoms with van der Waals surface area (Å²) >= 11 is 0. The molecule has 4 nitrogen and oxygen atoms in total. The summed E-state index contributed by atoms with van der Waals surface area (Å²) in [7, 11) is 0. The highest BCUT2D eigenvalue weighted by atomic mass is 19.2. The summed E-state index contributed by atoms with van der Waals surface area (Å²) in [6.45, 7) is 0.410. The van der Waals surface area contributed by atoms with Crippen LogP contribution in [-0.4, -0.2) is 27.7 Å². The maximum absolute atomic E-state index is 14.1. The first kappa shape index (κ1) is 12.8. The molecule has 1 aliphatic rings. The Kier molecular flexibility index (Phi) is 2.82. The van der Waals surface area contributed by atoms with Crippen molar-refractivity contribution in [2.24, 2.45) is 4.99 Å². The third-order valence-electron chi connectivity index (χ3n) is 3.72. The molecule has 0 spiro atoms. The van der Waals surface area contributed by atoms with E-state index in [1.54, 1.807) is 24.7 Å². The van der Waals surface area contributed by atoms with Crippen molar-refractivity contribution in [3.05, 3.63) is 59.7 Å². The van der Waals surface area contributed by atoms with Gasteiger partial charge in [0, 0.05) is 40.7 Å². The lowest BCUT2D eigenvalue weighted by molar-refractivity contribution is 0.507. The Hall–Kier alpha value is -2.89. The van der Waals surface area contributed by atoms with E-state index in [0.29, 0.717) is 17.8 Å². The van der Waals surface area contributed by atoms with Crippen molar-refractivity contribution in [1.29, 1.82) is 0 Å². The fraction of sp³-hybridized carbons (Fsp3) is 0.0625. The fourth-order valence-electron chi connectivity index (χ4n) is 2.68. The number of aromatic amines is 1. The van der Waals surface area contributed by atoms with Crippen molar-refractivity contribution in [2.75, 3.05) is 6.54 Å². The molecule has 0 amide bonds. The maximum atomic E-state index is 14.1. The Labute approximate surface area is 124 Å². The van der Waals surface area contributed by atoms with Crippen molar-refractivity contribution in [1.82, 2.24) is 15.0 Å². The van der Waals surface area contributed by atoms with Crippen LogP contribution in [0.2, 0.25) is 0 Å². The van der Waals surface area contributed by atoms with Gasteiger partial charge in [-0.15, -0.1) is 0 Å². The zero-order chi connectivity index (χ0) is 15.1. The van der Waals surface area contributed by atoms with E-state index < -0.39 is 11.6 Å². The highest BCUT2D eigenvalue weighted by Gasteiger charge is 2.21. The van der Waals surface area contributed by atoms with Crippen molar-refractivity contribution in [3.63, 3.8) is 0 Å². The average Bonchev–Trinajstić information content (AvgIpc) is 3.16. The van der Waals surface area contributed by atoms with Gasteiger partial charge in [-0.2, -0.15) is 0 Å². The van der Waals surface area contributed by atoms with Gasteiger partial charge in [-0.3, -0.25) is 4.99 Å². The Morgan fingerprint density at radius 3 is 2.95 bits per heavy atom. The molecule has 1 N–H and O–H groups in total. The lowest BCUT2D eigenvalue weighted by Gasteiger charge is -2.07. The van der Waals surface area contributed by atoms with Crippen molar-refractivity contribution in [2.45, 2.75) is 0 Å². The summed E-state index contributed by atoms with van der Waals surface area (Å²) in [4.78, 5) is 15.4. The van der Waals surface area contributed by atoms with E-state index in [0.717, 1.165) is 22.6 Å². The number of benzene rings is 1. The van der Waals surface area contributed by atoms with E-state index in [9.17, 15) is 8.78 Å². The predicted molar refractivity (Wildman–Crippen MR) is 80.4 cm³/mol. The molecule has 1 aromatic carbocycles. The average molecular weight is 296 g/mol. The topological polar surface area (TPSA) is 53.9 Å². The summed E-state index contributed by atoms with van der Waals surface area (Å²) < 4.78 is 27.6. The predicted octanol–water partition coefficient (Wildman–Crippen LogP) is 3.23. The molecule has 0 radical (unpaired) electrons. The number of nitrogens with zero attached hydrogens (tertiary/aromatic N) is 3. The molecule has 2 aromatic heterocycles. The van der Waals surface area contributed by atoms with Crippen LogP contribution in [0.15, 0.2) is 41.9 Å². The molecule has 0 saturated carbocycles. The number of nitrogens with one attached hydrogen (secondary N) is 1. The molecule has 22 heavy (non-hydrogen) atoms. The SMILES string of the molecule is Fc1cccc(C2=C(c3c[nH]c4ncncc34)CN=C2)c1F. The van der Waals surface area contributed by atoms with E-state index in [1.807, 2.05) is 0 Å². The third-order valence-corrected chi connectivity index (χ3v) is 3.72. The molecule has 0 atom stereocenters. The van der Waals surface area contributed by atoms with Gasteiger partial charge in [0.15, 0.2) is 11.6 Å². The molecule has 108 valence electrons. The first-order valence-electron chi connectivity index (χ1n) is 6.70. The molecule has 0 fully saturated rings. The number of rotatable bonds is 2. The highest BCUT2D eigenvalue weighted by Crippen LogP contribution is 2.34. The standard InChI is InChI=1S/C16H10F2N4/c17-14-3-1-2-9(15(14)18)10-4-19-5-11(10)12-7-21-16-13(12)6-20-8-22-16/h1-4,6-8H,5H2,(H,20,21,22). The Bertz CT molecular complexity index is 940. The minimum absolute atomic E-state index is 0.211. The van der Waals surface area contributed by atoms with Crippen molar-refractivity contribution < 1.29 is 8.78 Å². The normalized spacial score (nSPS) is 14.3. The van der Waals surface area contributed by atoms with Crippen LogP contribution in [0, 0.1) is 11.6 Å². The van der Waals surface area contributed by atoms with E-state index in [2.05, 4.69) is 19.9 Å². The summed E-state index contributed by atoms with van der Waals surface area (Å²) in [5.74, 6) is -1.73. The molecular weight excluding hydrogens is 286 g/mol.